The zero-order chi connectivity index (χ0) is 46.5. The van der Waals surface area contributed by atoms with Gasteiger partial charge in [-0.2, -0.15) is 21.6 Å². The second-order valence-corrected chi connectivity index (χ2v) is 17.8. The second-order valence-electron chi connectivity index (χ2n) is 15.4. The summed E-state index contributed by atoms with van der Waals surface area (Å²) >= 11 is 12.2. The van der Waals surface area contributed by atoms with E-state index in [1.165, 1.54) is 45.5 Å². The Bertz CT molecular complexity index is 3980. The molecule has 0 bridgehead atoms. The molecule has 0 fully saturated rings. The van der Waals surface area contributed by atoms with E-state index in [0.717, 1.165) is 59.7 Å². The zero-order valence-corrected chi connectivity index (χ0v) is 36.9. The van der Waals surface area contributed by atoms with Gasteiger partial charge in [-0.05, 0) is 128 Å². The summed E-state index contributed by atoms with van der Waals surface area (Å²) in [7, 11) is -5.08. The lowest BCUT2D eigenvalue weighted by Crippen LogP contribution is -2.28. The van der Waals surface area contributed by atoms with Gasteiger partial charge in [0, 0.05) is 37.0 Å². The molecule has 0 spiro atoms. The number of rotatable bonds is 5. The van der Waals surface area contributed by atoms with Crippen LogP contribution in [-0.2, 0) is 10.1 Å². The van der Waals surface area contributed by atoms with Crippen molar-refractivity contribution in [3.63, 3.8) is 0 Å². The summed E-state index contributed by atoms with van der Waals surface area (Å²) in [6.07, 6.45) is 0. The Morgan fingerprint density at radius 3 is 1.54 bits per heavy atom. The molecule has 0 aliphatic carbocycles. The maximum absolute atomic E-state index is 12.6. The van der Waals surface area contributed by atoms with Crippen molar-refractivity contribution in [1.82, 2.24) is 0 Å². The van der Waals surface area contributed by atoms with Crippen molar-refractivity contribution in [2.75, 3.05) is 0 Å². The highest BCUT2D eigenvalue weighted by atomic mass is 35.5. The standard InChI is InChI=1S/C26H15ClO.C15H8ClF3O3S.C12H8BO3/c27-18-10-11-19-17(13-18)15-23(21-6-2-1-5-20(19)21)16-9-12-26-24(14-16)22-7-3-4-8-25(22)28-26;16-10-5-6-11-9(7-10)8-14(13-4-2-1-3-12(11)13)22-23(20,21)15(17,18)19;14-13-16-8-5-6-12-10(7-8)9-3-1-2-4-11(9)15-12/h1-15H;1-8H;1-7,14H. The van der Waals surface area contributed by atoms with Crippen LogP contribution >= 0.6 is 23.2 Å². The summed E-state index contributed by atoms with van der Waals surface area (Å²) in [5.41, 5.74) is 0.379. The van der Waals surface area contributed by atoms with E-state index in [0.29, 0.717) is 29.2 Å². The van der Waals surface area contributed by atoms with Crippen LogP contribution in [0.4, 0.5) is 13.2 Å². The molecule has 0 saturated carbocycles. The van der Waals surface area contributed by atoms with Crippen LogP contribution < -0.4 is 8.84 Å². The highest BCUT2D eigenvalue weighted by Gasteiger charge is 2.48. The molecule has 12 aromatic rings. The van der Waals surface area contributed by atoms with Gasteiger partial charge in [-0.25, -0.2) is 0 Å². The highest BCUT2D eigenvalue weighted by Crippen LogP contribution is 2.40. The number of alkyl halides is 3. The van der Waals surface area contributed by atoms with E-state index in [-0.39, 0.29) is 5.39 Å². The van der Waals surface area contributed by atoms with Gasteiger partial charge in [-0.15, -0.1) is 0 Å². The Balaban J connectivity index is 0.000000122. The average Bonchev–Trinajstić information content (AvgIpc) is 3.89. The molecule has 329 valence electrons. The molecule has 0 unspecified atom stereocenters. The van der Waals surface area contributed by atoms with Gasteiger partial charge in [0.15, 0.2) is 5.75 Å². The molecule has 0 saturated heterocycles. The van der Waals surface area contributed by atoms with E-state index in [2.05, 4.69) is 70.9 Å². The molecule has 1 N–H and O–H groups in total. The predicted octanol–water partition coefficient (Wildman–Crippen LogP) is 15.6. The zero-order valence-electron chi connectivity index (χ0n) is 34.6. The quantitative estimate of drug-likeness (QED) is 0.0794. The minimum Gasteiger partial charge on any atom is -0.537 e. The van der Waals surface area contributed by atoms with Gasteiger partial charge in [0.25, 0.3) is 0 Å². The van der Waals surface area contributed by atoms with Crippen LogP contribution in [0.25, 0.3) is 98.1 Å². The fraction of sp³-hybridized carbons (Fsp3) is 0.0189. The Hall–Kier alpha value is -7.22. The summed E-state index contributed by atoms with van der Waals surface area (Å²) in [6, 6.07) is 57.3. The molecular weight excluding hydrogens is 919 g/mol. The molecule has 2 aromatic heterocycles. The van der Waals surface area contributed by atoms with Gasteiger partial charge in [0.05, 0.1) is 0 Å². The average molecular weight is 951 g/mol. The smallest absolute Gasteiger partial charge is 0.537 e. The van der Waals surface area contributed by atoms with Crippen molar-refractivity contribution < 1.29 is 44.3 Å². The van der Waals surface area contributed by atoms with Crippen molar-refractivity contribution in [3.8, 4) is 22.6 Å². The molecule has 14 heteroatoms. The fourth-order valence-corrected chi connectivity index (χ4v) is 9.17. The van der Waals surface area contributed by atoms with E-state index < -0.39 is 21.4 Å². The van der Waals surface area contributed by atoms with Crippen LogP contribution in [0.3, 0.4) is 0 Å². The Morgan fingerprint density at radius 2 is 0.955 bits per heavy atom. The van der Waals surface area contributed by atoms with Gasteiger partial charge < -0.3 is 22.7 Å². The Morgan fingerprint density at radius 1 is 0.478 bits per heavy atom. The molecule has 0 aliphatic rings. The first-order valence-electron chi connectivity index (χ1n) is 20.5. The van der Waals surface area contributed by atoms with E-state index in [9.17, 15) is 21.6 Å². The number of benzene rings is 10. The molecule has 67 heavy (non-hydrogen) atoms. The SMILES string of the molecule is Clc1ccc2c(c1)cc(-c1ccc3oc4ccccc4c3c1)c1ccccc12.O=S(=O)(Oc1cc2cc(Cl)ccc2c2ccccc12)C(F)(F)F.O[B]Oc1ccc2oc3ccccc3c2c1. The monoisotopic (exact) mass is 949 g/mol. The van der Waals surface area contributed by atoms with Crippen LogP contribution in [0, 0.1) is 0 Å². The molecule has 0 atom stereocenters. The third-order valence-corrected chi connectivity index (χ3v) is 12.7. The van der Waals surface area contributed by atoms with E-state index >= 15 is 0 Å². The van der Waals surface area contributed by atoms with Gasteiger partial charge in [-0.1, -0.05) is 126 Å². The van der Waals surface area contributed by atoms with Crippen molar-refractivity contribution >= 4 is 128 Å². The molecule has 0 amide bonds. The fourth-order valence-electron chi connectivity index (χ4n) is 8.34. The van der Waals surface area contributed by atoms with Crippen LogP contribution in [0.15, 0.2) is 191 Å². The van der Waals surface area contributed by atoms with Crippen LogP contribution in [0.1, 0.15) is 0 Å². The second kappa shape index (κ2) is 17.5. The van der Waals surface area contributed by atoms with Gasteiger partial charge in [0.1, 0.15) is 28.1 Å². The highest BCUT2D eigenvalue weighted by molar-refractivity contribution is 7.88. The third-order valence-electron chi connectivity index (χ3n) is 11.3. The molecular formula is C53H31BCl2F3O7S. The number of halogens is 5. The van der Waals surface area contributed by atoms with Gasteiger partial charge in [-0.3, -0.25) is 0 Å². The summed E-state index contributed by atoms with van der Waals surface area (Å²) < 4.78 is 81.2. The number of fused-ring (bicyclic) bond motifs is 12. The van der Waals surface area contributed by atoms with Crippen molar-refractivity contribution in [1.29, 1.82) is 0 Å². The molecule has 10 aromatic carbocycles. The van der Waals surface area contributed by atoms with Crippen molar-refractivity contribution in [2.45, 2.75) is 5.51 Å². The van der Waals surface area contributed by atoms with Crippen LogP contribution in [0.2, 0.25) is 10.0 Å². The normalized spacial score (nSPS) is 11.9. The summed E-state index contributed by atoms with van der Waals surface area (Å²) in [6.45, 7) is 0. The molecule has 12 rings (SSSR count). The molecule has 0 aliphatic heterocycles. The number of para-hydroxylation sites is 2. The lowest BCUT2D eigenvalue weighted by Gasteiger charge is -2.13. The topological polar surface area (TPSA) is 99.1 Å². The molecule has 7 nitrogen and oxygen atoms in total. The molecule has 2 heterocycles. The number of hydrogen-bond donors (Lipinski definition) is 1. The summed E-state index contributed by atoms with van der Waals surface area (Å²) in [5.74, 6) is 0.189. The first-order chi connectivity index (χ1) is 32.3. The lowest BCUT2D eigenvalue weighted by atomic mass is 9.93. The minimum atomic E-state index is -5.75. The van der Waals surface area contributed by atoms with Gasteiger partial charge >= 0.3 is 23.3 Å². The van der Waals surface area contributed by atoms with E-state index in [4.69, 9.17) is 41.7 Å². The maximum Gasteiger partial charge on any atom is 0.569 e. The van der Waals surface area contributed by atoms with E-state index in [1.807, 2.05) is 60.7 Å². The lowest BCUT2D eigenvalue weighted by molar-refractivity contribution is -0.0499. The van der Waals surface area contributed by atoms with Gasteiger partial charge in [0.2, 0.25) is 0 Å². The summed E-state index contributed by atoms with van der Waals surface area (Å²) in [4.78, 5) is 0. The molecule has 1 radical (unpaired) electrons. The third kappa shape index (κ3) is 8.45. The van der Waals surface area contributed by atoms with Crippen molar-refractivity contribution in [3.05, 3.63) is 192 Å². The number of furan rings is 2. The number of hydrogen-bond acceptors (Lipinski definition) is 7. The van der Waals surface area contributed by atoms with Crippen molar-refractivity contribution in [2.24, 2.45) is 0 Å². The first-order valence-corrected chi connectivity index (χ1v) is 22.7. The Labute approximate surface area is 390 Å². The maximum atomic E-state index is 12.6. The largest absolute Gasteiger partial charge is 0.569 e. The first kappa shape index (κ1) is 43.7. The van der Waals surface area contributed by atoms with Crippen LogP contribution in [0.5, 0.6) is 11.5 Å². The van der Waals surface area contributed by atoms with E-state index in [1.54, 1.807) is 36.4 Å². The Kier molecular flexibility index (Phi) is 11.4. The summed E-state index contributed by atoms with van der Waals surface area (Å²) in [5, 5.41) is 20.9. The minimum absolute atomic E-state index is 0.259. The predicted molar refractivity (Wildman–Crippen MR) is 264 cm³/mol. The van der Waals surface area contributed by atoms with Crippen LogP contribution in [-0.4, -0.2) is 26.6 Å².